The number of ether oxygens (including phenoxy) is 2. The largest absolute Gasteiger partial charge is 0.493 e. The number of benzene rings is 1. The lowest BCUT2D eigenvalue weighted by atomic mass is 10.1. The molecule has 0 saturated heterocycles. The first-order valence-electron chi connectivity index (χ1n) is 10.6. The third-order valence-electron chi connectivity index (χ3n) is 6.05. The molecular formula is C23H26N4O4. The second-order valence-corrected chi connectivity index (χ2v) is 8.50. The Hall–Kier alpha value is -3.29. The van der Waals surface area contributed by atoms with Crippen LogP contribution in [0.3, 0.4) is 0 Å². The van der Waals surface area contributed by atoms with Crippen molar-refractivity contribution in [3.63, 3.8) is 0 Å². The van der Waals surface area contributed by atoms with Crippen LogP contribution in [0, 0.1) is 6.92 Å². The highest BCUT2D eigenvalue weighted by Crippen LogP contribution is 2.40. The van der Waals surface area contributed by atoms with Crippen LogP contribution in [0.1, 0.15) is 47.9 Å². The van der Waals surface area contributed by atoms with Crippen molar-refractivity contribution in [1.82, 2.24) is 14.9 Å². The SMILES string of the molecule is COc1cccc2c1OCCCN(C(=O)c1c(C)oc3ncnc(NC4(C)CC4)c13)C2. The van der Waals surface area contributed by atoms with Gasteiger partial charge in [0.15, 0.2) is 11.5 Å². The van der Waals surface area contributed by atoms with Crippen LogP contribution in [0.15, 0.2) is 28.9 Å². The fourth-order valence-corrected chi connectivity index (χ4v) is 4.05. The minimum Gasteiger partial charge on any atom is -0.493 e. The molecule has 0 atom stereocenters. The van der Waals surface area contributed by atoms with E-state index in [9.17, 15) is 4.79 Å². The van der Waals surface area contributed by atoms with E-state index >= 15 is 0 Å². The van der Waals surface area contributed by atoms with Gasteiger partial charge in [0, 0.05) is 24.2 Å². The summed E-state index contributed by atoms with van der Waals surface area (Å²) in [5, 5.41) is 4.14. The third-order valence-corrected chi connectivity index (χ3v) is 6.05. The second-order valence-electron chi connectivity index (χ2n) is 8.50. The molecule has 0 spiro atoms. The molecule has 5 rings (SSSR count). The zero-order valence-corrected chi connectivity index (χ0v) is 18.0. The number of aryl methyl sites for hydroxylation is 1. The molecule has 1 aromatic carbocycles. The Kier molecular flexibility index (Phi) is 4.72. The van der Waals surface area contributed by atoms with Crippen molar-refractivity contribution in [2.45, 2.75) is 45.2 Å². The molecule has 1 aliphatic heterocycles. The van der Waals surface area contributed by atoms with Gasteiger partial charge in [-0.2, -0.15) is 0 Å². The Balaban J connectivity index is 1.54. The topological polar surface area (TPSA) is 89.7 Å². The Labute approximate surface area is 180 Å². The average molecular weight is 422 g/mol. The predicted molar refractivity (Wildman–Crippen MR) is 116 cm³/mol. The first-order valence-corrected chi connectivity index (χ1v) is 10.6. The molecule has 8 heteroatoms. The summed E-state index contributed by atoms with van der Waals surface area (Å²) in [6, 6.07) is 5.75. The monoisotopic (exact) mass is 422 g/mol. The lowest BCUT2D eigenvalue weighted by Crippen LogP contribution is -2.34. The summed E-state index contributed by atoms with van der Waals surface area (Å²) in [5.74, 6) is 2.49. The van der Waals surface area contributed by atoms with Crippen molar-refractivity contribution < 1.29 is 18.7 Å². The van der Waals surface area contributed by atoms with Gasteiger partial charge in [-0.15, -0.1) is 0 Å². The summed E-state index contributed by atoms with van der Waals surface area (Å²) < 4.78 is 17.3. The number of rotatable bonds is 4. The Morgan fingerprint density at radius 2 is 2.13 bits per heavy atom. The van der Waals surface area contributed by atoms with Gasteiger partial charge in [-0.1, -0.05) is 12.1 Å². The highest BCUT2D eigenvalue weighted by Gasteiger charge is 2.39. The number of fused-ring (bicyclic) bond motifs is 2. The molecule has 2 aliphatic rings. The molecule has 0 unspecified atom stereocenters. The van der Waals surface area contributed by atoms with Crippen molar-refractivity contribution in [1.29, 1.82) is 0 Å². The van der Waals surface area contributed by atoms with E-state index in [0.717, 1.165) is 24.8 Å². The van der Waals surface area contributed by atoms with Crippen LogP contribution in [-0.2, 0) is 6.54 Å². The van der Waals surface area contributed by atoms with Crippen molar-refractivity contribution in [2.75, 3.05) is 25.6 Å². The molecule has 1 N–H and O–H groups in total. The second kappa shape index (κ2) is 7.44. The standard InChI is InChI=1S/C23H26N4O4/c1-14-17(18-20(26-23(2)8-9-23)24-13-25-21(18)31-14)22(28)27-10-5-11-30-19-15(12-27)6-4-7-16(19)29-3/h4,6-7,13H,5,8-12H2,1-3H3,(H,24,25,26). The minimum absolute atomic E-state index is 0.0140. The summed E-state index contributed by atoms with van der Waals surface area (Å²) in [6.45, 7) is 5.47. The van der Waals surface area contributed by atoms with Crippen molar-refractivity contribution in [3.8, 4) is 11.5 Å². The molecule has 31 heavy (non-hydrogen) atoms. The van der Waals surface area contributed by atoms with Crippen molar-refractivity contribution >= 4 is 22.8 Å². The first kappa shape index (κ1) is 19.7. The number of carbonyl (C=O) groups excluding carboxylic acids is 1. The average Bonchev–Trinajstić information content (AvgIpc) is 3.35. The van der Waals surface area contributed by atoms with E-state index in [1.165, 1.54) is 6.33 Å². The van der Waals surface area contributed by atoms with Gasteiger partial charge >= 0.3 is 0 Å². The van der Waals surface area contributed by atoms with Crippen LogP contribution in [-0.4, -0.2) is 46.6 Å². The summed E-state index contributed by atoms with van der Waals surface area (Å²) in [6.07, 6.45) is 4.34. The lowest BCUT2D eigenvalue weighted by molar-refractivity contribution is 0.0721. The number of nitrogens with one attached hydrogen (secondary N) is 1. The number of anilines is 1. The Bertz CT molecular complexity index is 1150. The molecule has 1 saturated carbocycles. The Morgan fingerprint density at radius 1 is 1.29 bits per heavy atom. The van der Waals surface area contributed by atoms with Gasteiger partial charge in [-0.3, -0.25) is 4.79 Å². The van der Waals surface area contributed by atoms with E-state index in [2.05, 4.69) is 22.2 Å². The van der Waals surface area contributed by atoms with Gasteiger partial charge in [0.1, 0.15) is 17.9 Å². The summed E-state index contributed by atoms with van der Waals surface area (Å²) in [4.78, 5) is 24.3. The molecule has 8 nitrogen and oxygen atoms in total. The van der Waals surface area contributed by atoms with E-state index in [1.807, 2.05) is 30.0 Å². The number of aromatic nitrogens is 2. The number of furan rings is 1. The lowest BCUT2D eigenvalue weighted by Gasteiger charge is -2.27. The smallest absolute Gasteiger partial charge is 0.258 e. The van der Waals surface area contributed by atoms with Crippen LogP contribution in [0.4, 0.5) is 5.82 Å². The Morgan fingerprint density at radius 3 is 2.90 bits per heavy atom. The van der Waals surface area contributed by atoms with Crippen LogP contribution < -0.4 is 14.8 Å². The maximum absolute atomic E-state index is 13.8. The molecule has 0 bridgehead atoms. The highest BCUT2D eigenvalue weighted by atomic mass is 16.5. The fourth-order valence-electron chi connectivity index (χ4n) is 4.05. The number of nitrogens with zero attached hydrogens (tertiary/aromatic N) is 3. The number of methoxy groups -OCH3 is 1. The van der Waals surface area contributed by atoms with Crippen LogP contribution in [0.5, 0.6) is 11.5 Å². The number of hydrogen-bond donors (Lipinski definition) is 1. The highest BCUT2D eigenvalue weighted by molar-refractivity contribution is 6.10. The quantitative estimate of drug-likeness (QED) is 0.681. The van der Waals surface area contributed by atoms with Crippen LogP contribution in [0.25, 0.3) is 11.1 Å². The van der Waals surface area contributed by atoms with E-state index in [4.69, 9.17) is 13.9 Å². The minimum atomic E-state index is -0.0919. The molecule has 3 aromatic rings. The molecule has 3 heterocycles. The van der Waals surface area contributed by atoms with E-state index in [0.29, 0.717) is 59.4 Å². The van der Waals surface area contributed by atoms with Crippen molar-refractivity contribution in [2.24, 2.45) is 0 Å². The zero-order chi connectivity index (χ0) is 21.6. The van der Waals surface area contributed by atoms with E-state index in [1.54, 1.807) is 7.11 Å². The number of para-hydroxylation sites is 1. The van der Waals surface area contributed by atoms with E-state index < -0.39 is 0 Å². The number of carbonyl (C=O) groups is 1. The van der Waals surface area contributed by atoms with E-state index in [-0.39, 0.29) is 11.4 Å². The molecule has 1 amide bonds. The molecule has 0 radical (unpaired) electrons. The summed E-state index contributed by atoms with van der Waals surface area (Å²) in [5.41, 5.74) is 1.88. The molecule has 1 aliphatic carbocycles. The third kappa shape index (κ3) is 3.56. The molecule has 1 fully saturated rings. The van der Waals surface area contributed by atoms with Gasteiger partial charge in [0.2, 0.25) is 5.71 Å². The molecular weight excluding hydrogens is 396 g/mol. The maximum atomic E-state index is 13.8. The predicted octanol–water partition coefficient (Wildman–Crippen LogP) is 3.93. The summed E-state index contributed by atoms with van der Waals surface area (Å²) in [7, 11) is 1.62. The van der Waals surface area contributed by atoms with Crippen molar-refractivity contribution in [3.05, 3.63) is 41.4 Å². The maximum Gasteiger partial charge on any atom is 0.258 e. The van der Waals surface area contributed by atoms with Gasteiger partial charge in [0.25, 0.3) is 5.91 Å². The van der Waals surface area contributed by atoms with Gasteiger partial charge in [0.05, 0.1) is 24.7 Å². The van der Waals surface area contributed by atoms with Gasteiger partial charge in [-0.05, 0) is 39.2 Å². The van der Waals surface area contributed by atoms with Gasteiger partial charge in [-0.25, -0.2) is 9.97 Å². The first-order chi connectivity index (χ1) is 15.0. The number of amides is 1. The normalized spacial score (nSPS) is 17.3. The van der Waals surface area contributed by atoms with Crippen LogP contribution >= 0.6 is 0 Å². The van der Waals surface area contributed by atoms with Gasteiger partial charge < -0.3 is 24.1 Å². The fraction of sp³-hybridized carbons (Fsp3) is 0.435. The number of hydrogen-bond acceptors (Lipinski definition) is 7. The van der Waals surface area contributed by atoms with Crippen LogP contribution in [0.2, 0.25) is 0 Å². The summed E-state index contributed by atoms with van der Waals surface area (Å²) >= 11 is 0. The zero-order valence-electron chi connectivity index (χ0n) is 18.0. The molecule has 162 valence electrons. The molecule has 2 aromatic heterocycles.